The van der Waals surface area contributed by atoms with E-state index in [1.807, 2.05) is 0 Å². The Morgan fingerprint density at radius 2 is 1.03 bits per heavy atom. The molecule has 38 heavy (non-hydrogen) atoms. The van der Waals surface area contributed by atoms with Crippen molar-refractivity contribution in [1.29, 1.82) is 0 Å². The zero-order chi connectivity index (χ0) is 26.4. The molecule has 0 amide bonds. The summed E-state index contributed by atoms with van der Waals surface area (Å²) < 4.78 is 43.5. The third-order valence-corrected chi connectivity index (χ3v) is 42.4. The summed E-state index contributed by atoms with van der Waals surface area (Å²) in [6.45, 7) is 4.74. The maximum absolute atomic E-state index is 14.1. The molecule has 6 rings (SSSR count). The van der Waals surface area contributed by atoms with Gasteiger partial charge in [-0.1, -0.05) is 0 Å². The van der Waals surface area contributed by atoms with E-state index in [2.05, 4.69) is 37.4 Å². The van der Waals surface area contributed by atoms with Crippen molar-refractivity contribution >= 4 is 5.43 Å². The number of hydrogen-bond donors (Lipinski definition) is 0. The van der Waals surface area contributed by atoms with Crippen LogP contribution in [-0.2, 0) is 18.3 Å². The molecule has 0 N–H and O–H groups in total. The van der Waals surface area contributed by atoms with Crippen LogP contribution in [0.15, 0.2) is 95.1 Å². The number of allylic oxidation sites excluding steroid dienone is 8. The standard InChI is InChI=1S/2C9H11.2C6H5FO.C2H6Si.Zr/c2*1-2-5-9-7-3-6-8(9)4-1;2*7-5-1-3-6(8)4-2-5;1-3-2;/h2*3,6-7H,1-2,4-5H2;2*1-4,8H;1-2H3;/q;;;;;+2/p-2. The monoisotopic (exact) mass is 608 g/mol. The zero-order valence-electron chi connectivity index (χ0n) is 22.3. The zero-order valence-corrected chi connectivity index (χ0v) is 25.8. The van der Waals surface area contributed by atoms with Gasteiger partial charge in [0, 0.05) is 0 Å². The van der Waals surface area contributed by atoms with Gasteiger partial charge in [0.1, 0.15) is 0 Å². The normalized spacial score (nSPS) is 23.0. The number of halogens is 2. The molecule has 6 heteroatoms. The van der Waals surface area contributed by atoms with Crippen molar-refractivity contribution in [2.24, 2.45) is 0 Å². The van der Waals surface area contributed by atoms with Crippen LogP contribution < -0.4 is 5.63 Å². The first-order chi connectivity index (χ1) is 18.4. The summed E-state index contributed by atoms with van der Waals surface area (Å²) in [5.41, 5.74) is 4.63. The van der Waals surface area contributed by atoms with Crippen LogP contribution in [-0.4, -0.2) is 5.43 Å². The molecule has 0 radical (unpaired) electrons. The van der Waals surface area contributed by atoms with Crippen LogP contribution in [0.5, 0.6) is 11.5 Å². The molecule has 0 heterocycles. The molecule has 0 saturated carbocycles. The van der Waals surface area contributed by atoms with Crippen molar-refractivity contribution in [3.63, 3.8) is 0 Å². The minimum absolute atomic E-state index is 0.0918. The Balaban J connectivity index is 1.67. The summed E-state index contributed by atoms with van der Waals surface area (Å²) in [6.07, 6.45) is 18.6. The second-order valence-electron chi connectivity index (χ2n) is 11.5. The van der Waals surface area contributed by atoms with Gasteiger partial charge in [-0.3, -0.25) is 0 Å². The molecule has 4 aliphatic rings. The molecule has 2 aromatic carbocycles. The predicted molar refractivity (Wildman–Crippen MR) is 148 cm³/mol. The molecule has 4 aliphatic carbocycles. The molecule has 2 unspecified atom stereocenters. The van der Waals surface area contributed by atoms with E-state index >= 15 is 0 Å². The van der Waals surface area contributed by atoms with E-state index < -0.39 is 23.7 Å². The first-order valence-corrected chi connectivity index (χ1v) is 25.1. The second kappa shape index (κ2) is 10.2. The Morgan fingerprint density at radius 1 is 0.632 bits per heavy atom. The van der Waals surface area contributed by atoms with Gasteiger partial charge in [-0.15, -0.1) is 0 Å². The SMILES string of the molecule is C[Si](C)=[Zr]([O]c1ccc(F)cc1)([O]c1ccc(F)cc1)([CH]1C=CC2=C1CCCC2)[CH]1C=CC2=C1CCCC2. The quantitative estimate of drug-likeness (QED) is 0.304. The van der Waals surface area contributed by atoms with E-state index in [4.69, 9.17) is 5.63 Å². The van der Waals surface area contributed by atoms with Crippen molar-refractivity contribution in [3.8, 4) is 11.5 Å². The van der Waals surface area contributed by atoms with E-state index in [0.29, 0.717) is 11.5 Å². The predicted octanol–water partition coefficient (Wildman–Crippen LogP) is 9.65. The third-order valence-electron chi connectivity index (χ3n) is 9.29. The Bertz CT molecular complexity index is 1340. The van der Waals surface area contributed by atoms with Gasteiger partial charge < -0.3 is 0 Å². The minimum atomic E-state index is -5.10. The van der Waals surface area contributed by atoms with Gasteiger partial charge in [0.05, 0.1) is 0 Å². The molecule has 0 aliphatic heterocycles. The fourth-order valence-corrected chi connectivity index (χ4v) is 38.4. The summed E-state index contributed by atoms with van der Waals surface area (Å²) in [6, 6.07) is 13.0. The van der Waals surface area contributed by atoms with Crippen LogP contribution >= 0.6 is 0 Å². The van der Waals surface area contributed by atoms with Crippen molar-refractivity contribution in [2.75, 3.05) is 0 Å². The molecular weight excluding hydrogens is 574 g/mol. The summed E-state index contributed by atoms with van der Waals surface area (Å²) in [5, 5.41) is 0. The molecule has 0 bridgehead atoms. The number of hydrogen-bond acceptors (Lipinski definition) is 2. The van der Waals surface area contributed by atoms with Gasteiger partial charge in [-0.05, 0) is 0 Å². The van der Waals surface area contributed by atoms with Crippen molar-refractivity contribution in [1.82, 2.24) is 0 Å². The fourth-order valence-electron chi connectivity index (χ4n) is 7.46. The number of rotatable bonds is 6. The van der Waals surface area contributed by atoms with Crippen LogP contribution in [0.2, 0.25) is 20.3 Å². The Hall–Kier alpha value is -2.04. The second-order valence-corrected chi connectivity index (χ2v) is 36.8. The van der Waals surface area contributed by atoms with Crippen molar-refractivity contribution < 1.29 is 32.7 Å². The van der Waals surface area contributed by atoms with E-state index in [1.54, 1.807) is 24.3 Å². The topological polar surface area (TPSA) is 18.5 Å². The van der Waals surface area contributed by atoms with Crippen LogP contribution in [0.4, 0.5) is 8.78 Å². The molecule has 2 nitrogen and oxygen atoms in total. The van der Waals surface area contributed by atoms with E-state index in [0.717, 1.165) is 25.7 Å². The first-order valence-electron chi connectivity index (χ1n) is 14.1. The molecule has 0 fully saturated rings. The summed E-state index contributed by atoms with van der Waals surface area (Å²) >= 11 is -5.10. The number of benzene rings is 2. The Labute approximate surface area is 227 Å². The molecule has 0 saturated heterocycles. The summed E-state index contributed by atoms with van der Waals surface area (Å²) in [4.78, 5) is 0. The van der Waals surface area contributed by atoms with Crippen LogP contribution in [0.3, 0.4) is 0 Å². The molecule has 0 spiro atoms. The Morgan fingerprint density at radius 3 is 1.42 bits per heavy atom. The van der Waals surface area contributed by atoms with E-state index in [9.17, 15) is 8.78 Å². The molecule has 2 aromatic rings. The van der Waals surface area contributed by atoms with Crippen molar-refractivity contribution in [2.45, 2.75) is 71.7 Å². The van der Waals surface area contributed by atoms with E-state index in [1.165, 1.54) is 72.2 Å². The first kappa shape index (κ1) is 26.2. The average molecular weight is 610 g/mol. The van der Waals surface area contributed by atoms with Gasteiger partial charge in [0.15, 0.2) is 0 Å². The third kappa shape index (κ3) is 4.18. The Kier molecular flexibility index (Phi) is 7.01. The van der Waals surface area contributed by atoms with Crippen LogP contribution in [0, 0.1) is 11.6 Å². The van der Waals surface area contributed by atoms with E-state index in [-0.39, 0.29) is 18.9 Å². The van der Waals surface area contributed by atoms with Crippen LogP contribution in [0.25, 0.3) is 0 Å². The van der Waals surface area contributed by atoms with Gasteiger partial charge in [-0.25, -0.2) is 0 Å². The van der Waals surface area contributed by atoms with Gasteiger partial charge in [0.2, 0.25) is 0 Å². The van der Waals surface area contributed by atoms with Gasteiger partial charge >= 0.3 is 228 Å². The average Bonchev–Trinajstić information content (AvgIpc) is 3.57. The molecule has 0 aromatic heterocycles. The van der Waals surface area contributed by atoms with Gasteiger partial charge in [-0.2, -0.15) is 0 Å². The van der Waals surface area contributed by atoms with Gasteiger partial charge in [0.25, 0.3) is 0 Å². The van der Waals surface area contributed by atoms with Crippen molar-refractivity contribution in [3.05, 3.63) is 107 Å². The van der Waals surface area contributed by atoms with Crippen LogP contribution in [0.1, 0.15) is 51.4 Å². The summed E-state index contributed by atoms with van der Waals surface area (Å²) in [5.74, 6) is 0.811. The maximum atomic E-state index is 14.1. The molecule has 198 valence electrons. The fraction of sp³-hybridized carbons (Fsp3) is 0.375. The molecule has 2 atom stereocenters. The summed E-state index contributed by atoms with van der Waals surface area (Å²) in [7, 11) is 0. The molecular formula is C32H36F2O2SiZr.